The van der Waals surface area contributed by atoms with Crippen molar-refractivity contribution in [2.45, 2.75) is 44.2 Å². The van der Waals surface area contributed by atoms with Crippen LogP contribution in [0.5, 0.6) is 0 Å². The third-order valence-electron chi connectivity index (χ3n) is 7.09. The molecule has 1 aliphatic heterocycles. The molecule has 0 saturated carbocycles. The Morgan fingerprint density at radius 1 is 0.932 bits per heavy atom. The van der Waals surface area contributed by atoms with Crippen molar-refractivity contribution in [3.05, 3.63) is 130 Å². The van der Waals surface area contributed by atoms with Crippen molar-refractivity contribution in [1.29, 1.82) is 0 Å². The second-order valence-corrected chi connectivity index (χ2v) is 10.3. The first kappa shape index (κ1) is 30.7. The van der Waals surface area contributed by atoms with Crippen LogP contribution in [-0.4, -0.2) is 52.5 Å². The molecule has 3 aromatic carbocycles. The van der Waals surface area contributed by atoms with E-state index < -0.39 is 48.3 Å². The maximum absolute atomic E-state index is 15.1. The monoisotopic (exact) mass is 601 g/mol. The highest BCUT2D eigenvalue weighted by Crippen LogP contribution is 2.42. The van der Waals surface area contributed by atoms with Crippen LogP contribution in [0.15, 0.2) is 108 Å². The van der Waals surface area contributed by atoms with E-state index in [1.807, 2.05) is 60.7 Å². The van der Waals surface area contributed by atoms with Crippen LogP contribution in [0, 0.1) is 0 Å². The van der Waals surface area contributed by atoms with Crippen molar-refractivity contribution in [3.8, 4) is 0 Å². The number of halogens is 1. The molecule has 11 heteroatoms. The van der Waals surface area contributed by atoms with E-state index in [9.17, 15) is 14.4 Å². The number of aromatic nitrogens is 2. The molecule has 1 N–H and O–H groups in total. The zero-order chi connectivity index (χ0) is 30.9. The van der Waals surface area contributed by atoms with Gasteiger partial charge in [-0.2, -0.15) is 4.98 Å². The number of nitrogens with one attached hydrogen (secondary N) is 1. The zero-order valence-electron chi connectivity index (χ0n) is 24.0. The van der Waals surface area contributed by atoms with Gasteiger partial charge >= 0.3 is 11.7 Å². The number of carbonyl (C=O) groups is 2. The van der Waals surface area contributed by atoms with E-state index in [0.29, 0.717) is 5.56 Å². The first-order valence-electron chi connectivity index (χ1n) is 14.0. The predicted molar refractivity (Wildman–Crippen MR) is 158 cm³/mol. The van der Waals surface area contributed by atoms with E-state index in [4.69, 9.17) is 18.9 Å². The van der Waals surface area contributed by atoms with Gasteiger partial charge in [0, 0.05) is 18.7 Å². The van der Waals surface area contributed by atoms with Crippen molar-refractivity contribution in [2.75, 3.05) is 18.6 Å². The summed E-state index contributed by atoms with van der Waals surface area (Å²) in [5, 5.41) is 2.58. The number of rotatable bonds is 12. The quantitative estimate of drug-likeness (QED) is 0.237. The molecule has 0 spiro atoms. The summed E-state index contributed by atoms with van der Waals surface area (Å²) in [7, 11) is 0. The molecule has 0 bridgehead atoms. The van der Waals surface area contributed by atoms with Gasteiger partial charge < -0.3 is 24.3 Å². The number of benzene rings is 3. The SMILES string of the molecule is CC(=O)OC1C(n2ccc(NC(=O)c3ccccc3)nc2=O)OC(CF)(COCc2ccccc2)C1OCc1ccccc1. The fraction of sp³-hybridized carbons (Fsp3) is 0.273. The summed E-state index contributed by atoms with van der Waals surface area (Å²) in [5.41, 5.74) is -0.516. The first-order chi connectivity index (χ1) is 21.4. The molecule has 1 aliphatic rings. The molecule has 0 radical (unpaired) electrons. The number of alkyl halides is 1. The van der Waals surface area contributed by atoms with Gasteiger partial charge in [0.25, 0.3) is 5.91 Å². The molecule has 0 aliphatic carbocycles. The van der Waals surface area contributed by atoms with Crippen molar-refractivity contribution in [2.24, 2.45) is 0 Å². The summed E-state index contributed by atoms with van der Waals surface area (Å²) in [4.78, 5) is 42.1. The number of ether oxygens (including phenoxy) is 4. The average molecular weight is 602 g/mol. The lowest BCUT2D eigenvalue weighted by Gasteiger charge is -2.32. The first-order valence-corrected chi connectivity index (χ1v) is 14.0. The Balaban J connectivity index is 1.44. The number of carbonyl (C=O) groups excluding carboxylic acids is 2. The molecular formula is C33H32FN3O7. The molecule has 1 amide bonds. The smallest absolute Gasteiger partial charge is 0.351 e. The van der Waals surface area contributed by atoms with Crippen molar-refractivity contribution >= 4 is 17.7 Å². The number of anilines is 1. The second kappa shape index (κ2) is 14.2. The van der Waals surface area contributed by atoms with E-state index in [1.54, 1.807) is 30.3 Å². The van der Waals surface area contributed by atoms with Gasteiger partial charge in [-0.3, -0.25) is 14.2 Å². The van der Waals surface area contributed by atoms with Crippen molar-refractivity contribution in [1.82, 2.24) is 9.55 Å². The molecule has 1 fully saturated rings. The van der Waals surface area contributed by atoms with Crippen molar-refractivity contribution < 1.29 is 32.9 Å². The average Bonchev–Trinajstić information content (AvgIpc) is 3.33. The minimum absolute atomic E-state index is 0.00182. The number of esters is 1. The lowest BCUT2D eigenvalue weighted by molar-refractivity contribution is -0.166. The Labute approximate surface area is 253 Å². The summed E-state index contributed by atoms with van der Waals surface area (Å²) in [6.45, 7) is 0.0906. The molecular weight excluding hydrogens is 569 g/mol. The lowest BCUT2D eigenvalue weighted by atomic mass is 9.96. The Morgan fingerprint density at radius 2 is 1.55 bits per heavy atom. The molecule has 2 heterocycles. The van der Waals surface area contributed by atoms with E-state index >= 15 is 4.39 Å². The summed E-state index contributed by atoms with van der Waals surface area (Å²) in [6, 6.07) is 28.4. The minimum Gasteiger partial charge on any atom is -0.455 e. The van der Waals surface area contributed by atoms with Crippen LogP contribution in [0.4, 0.5) is 10.2 Å². The molecule has 5 rings (SSSR count). The molecule has 1 aromatic heterocycles. The Morgan fingerprint density at radius 3 is 2.14 bits per heavy atom. The van der Waals surface area contributed by atoms with Crippen LogP contribution >= 0.6 is 0 Å². The standard InChI is InChI=1S/C33H32FN3O7/c1-23(38)43-28-29(42-20-25-13-7-3-8-14-25)33(21-34,22-41-19-24-11-5-2-6-12-24)44-31(28)37-18-17-27(36-32(37)40)35-30(39)26-15-9-4-10-16-26/h2-18,28-29,31H,19-22H2,1H3,(H,35,36,39,40). The number of hydrogen-bond donors (Lipinski definition) is 1. The highest BCUT2D eigenvalue weighted by Gasteiger charge is 2.59. The molecule has 4 unspecified atom stereocenters. The van der Waals surface area contributed by atoms with Crippen LogP contribution in [0.3, 0.4) is 0 Å². The summed E-state index contributed by atoms with van der Waals surface area (Å²) < 4.78 is 40.2. The van der Waals surface area contributed by atoms with Gasteiger partial charge in [0.1, 0.15) is 18.6 Å². The molecule has 4 atom stereocenters. The van der Waals surface area contributed by atoms with Crippen LogP contribution in [0.1, 0.15) is 34.6 Å². The van der Waals surface area contributed by atoms with Gasteiger partial charge in [-0.05, 0) is 29.3 Å². The van der Waals surface area contributed by atoms with Crippen LogP contribution in [0.25, 0.3) is 0 Å². The van der Waals surface area contributed by atoms with Gasteiger partial charge in [0.15, 0.2) is 17.9 Å². The molecule has 228 valence electrons. The largest absolute Gasteiger partial charge is 0.455 e. The Hall–Kier alpha value is -4.71. The molecule has 4 aromatic rings. The second-order valence-electron chi connectivity index (χ2n) is 10.3. The minimum atomic E-state index is -1.74. The van der Waals surface area contributed by atoms with Gasteiger partial charge in [0.05, 0.1) is 19.8 Å². The normalized spacial score (nSPS) is 21.1. The van der Waals surface area contributed by atoms with Gasteiger partial charge in [-0.15, -0.1) is 0 Å². The van der Waals surface area contributed by atoms with E-state index in [0.717, 1.165) is 15.7 Å². The summed E-state index contributed by atoms with van der Waals surface area (Å²) >= 11 is 0. The highest BCUT2D eigenvalue weighted by atomic mass is 19.1. The van der Waals surface area contributed by atoms with Crippen molar-refractivity contribution in [3.63, 3.8) is 0 Å². The number of amides is 1. The fourth-order valence-corrected chi connectivity index (χ4v) is 4.99. The van der Waals surface area contributed by atoms with Crippen LogP contribution in [0.2, 0.25) is 0 Å². The van der Waals surface area contributed by atoms with E-state index in [1.165, 1.54) is 19.2 Å². The topological polar surface area (TPSA) is 118 Å². The van der Waals surface area contributed by atoms with Crippen LogP contribution < -0.4 is 11.0 Å². The summed E-state index contributed by atoms with van der Waals surface area (Å²) in [6.07, 6.45) is -2.38. The summed E-state index contributed by atoms with van der Waals surface area (Å²) in [5.74, 6) is -1.13. The molecule has 1 saturated heterocycles. The Kier molecular flexibility index (Phi) is 9.90. The predicted octanol–water partition coefficient (Wildman–Crippen LogP) is 4.47. The van der Waals surface area contributed by atoms with Crippen LogP contribution in [-0.2, 0) is 37.0 Å². The third kappa shape index (κ3) is 7.25. The van der Waals surface area contributed by atoms with Gasteiger partial charge in [-0.1, -0.05) is 78.9 Å². The lowest BCUT2D eigenvalue weighted by Crippen LogP contribution is -2.51. The number of nitrogens with zero attached hydrogens (tertiary/aromatic N) is 2. The molecule has 10 nitrogen and oxygen atoms in total. The fourth-order valence-electron chi connectivity index (χ4n) is 4.99. The van der Waals surface area contributed by atoms with E-state index in [-0.39, 0.29) is 25.6 Å². The maximum atomic E-state index is 15.1. The van der Waals surface area contributed by atoms with E-state index in [2.05, 4.69) is 10.3 Å². The molecule has 44 heavy (non-hydrogen) atoms. The van der Waals surface area contributed by atoms with Gasteiger partial charge in [-0.25, -0.2) is 9.18 Å². The maximum Gasteiger partial charge on any atom is 0.351 e. The van der Waals surface area contributed by atoms with Gasteiger partial charge in [0.2, 0.25) is 0 Å². The number of hydrogen-bond acceptors (Lipinski definition) is 8. The zero-order valence-corrected chi connectivity index (χ0v) is 24.0. The third-order valence-corrected chi connectivity index (χ3v) is 7.09. The Bertz CT molecular complexity index is 1600. The highest BCUT2D eigenvalue weighted by molar-refractivity contribution is 6.03.